The van der Waals surface area contributed by atoms with Gasteiger partial charge in [-0.2, -0.15) is 0 Å². The van der Waals surface area contributed by atoms with Crippen LogP contribution in [0.15, 0.2) is 42.1 Å². The molecule has 0 heterocycles. The first kappa shape index (κ1) is 15.2. The fourth-order valence-electron chi connectivity index (χ4n) is 2.00. The summed E-state index contributed by atoms with van der Waals surface area (Å²) >= 11 is 0. The summed E-state index contributed by atoms with van der Waals surface area (Å²) in [6.45, 7) is 9.14. The second-order valence-corrected chi connectivity index (χ2v) is 11.1. The zero-order valence-corrected chi connectivity index (χ0v) is 13.1. The molecule has 1 aromatic rings. The van der Waals surface area contributed by atoms with Gasteiger partial charge in [-0.05, 0) is 12.0 Å². The smallest absolute Gasteiger partial charge is 0.0852 e. The normalized spacial score (nSPS) is 15.8. The standard InChI is InChI=1S/C16H26OSi/c1-5-9-14(12-13-18(2,3)4)16(17)15-10-7-6-8-11-15/h6-8,10-14,16-17H,5,9H2,1-4H3/b13-12+. The maximum atomic E-state index is 10.5. The minimum Gasteiger partial charge on any atom is -0.388 e. The summed E-state index contributed by atoms with van der Waals surface area (Å²) < 4.78 is 0. The molecule has 100 valence electrons. The molecule has 0 aromatic heterocycles. The van der Waals surface area contributed by atoms with Crippen LogP contribution in [0.2, 0.25) is 19.6 Å². The van der Waals surface area contributed by atoms with Gasteiger partial charge in [-0.15, -0.1) is 0 Å². The number of hydrogen-bond donors (Lipinski definition) is 1. The molecule has 0 aliphatic rings. The lowest BCUT2D eigenvalue weighted by atomic mass is 9.92. The SMILES string of the molecule is CCCC(/C=C/[Si](C)(C)C)C(O)c1ccccc1. The fraction of sp³-hybridized carbons (Fsp3) is 0.500. The van der Waals surface area contributed by atoms with E-state index >= 15 is 0 Å². The Hall–Kier alpha value is -0.863. The van der Waals surface area contributed by atoms with Gasteiger partial charge in [-0.25, -0.2) is 0 Å². The molecule has 18 heavy (non-hydrogen) atoms. The van der Waals surface area contributed by atoms with Gasteiger partial charge in [0.15, 0.2) is 0 Å². The van der Waals surface area contributed by atoms with Crippen LogP contribution in [-0.2, 0) is 0 Å². The first-order valence-electron chi connectivity index (χ1n) is 6.86. The minimum atomic E-state index is -1.19. The lowest BCUT2D eigenvalue weighted by molar-refractivity contribution is 0.126. The van der Waals surface area contributed by atoms with Gasteiger partial charge in [0, 0.05) is 5.92 Å². The number of benzene rings is 1. The summed E-state index contributed by atoms with van der Waals surface area (Å²) in [7, 11) is -1.19. The van der Waals surface area contributed by atoms with E-state index in [1.807, 2.05) is 30.3 Å². The van der Waals surface area contributed by atoms with Gasteiger partial charge < -0.3 is 5.11 Å². The molecule has 0 fully saturated rings. The van der Waals surface area contributed by atoms with E-state index in [-0.39, 0.29) is 12.0 Å². The van der Waals surface area contributed by atoms with Crippen LogP contribution in [0.3, 0.4) is 0 Å². The third kappa shape index (κ3) is 5.19. The van der Waals surface area contributed by atoms with E-state index in [2.05, 4.69) is 38.3 Å². The summed E-state index contributed by atoms with van der Waals surface area (Å²) in [6.07, 6.45) is 4.01. The van der Waals surface area contributed by atoms with Gasteiger partial charge in [0.1, 0.15) is 0 Å². The second kappa shape index (κ2) is 6.91. The third-order valence-corrected chi connectivity index (χ3v) is 4.20. The molecule has 0 saturated heterocycles. The van der Waals surface area contributed by atoms with Crippen LogP contribution in [0.5, 0.6) is 0 Å². The molecule has 0 aliphatic heterocycles. The van der Waals surface area contributed by atoms with E-state index in [1.165, 1.54) is 0 Å². The van der Waals surface area contributed by atoms with Crippen molar-refractivity contribution in [3.63, 3.8) is 0 Å². The van der Waals surface area contributed by atoms with E-state index in [4.69, 9.17) is 0 Å². The Bertz CT molecular complexity index is 364. The first-order chi connectivity index (χ1) is 8.44. The van der Waals surface area contributed by atoms with Crippen LogP contribution >= 0.6 is 0 Å². The van der Waals surface area contributed by atoms with Crippen LogP contribution in [0.1, 0.15) is 31.4 Å². The highest BCUT2D eigenvalue weighted by atomic mass is 28.3. The molecule has 2 atom stereocenters. The minimum absolute atomic E-state index is 0.240. The molecule has 0 aliphatic carbocycles. The van der Waals surface area contributed by atoms with Crippen molar-refractivity contribution in [2.24, 2.45) is 5.92 Å². The molecule has 2 unspecified atom stereocenters. The fourth-order valence-corrected chi connectivity index (χ4v) is 2.83. The van der Waals surface area contributed by atoms with Crippen LogP contribution < -0.4 is 0 Å². The van der Waals surface area contributed by atoms with E-state index in [9.17, 15) is 5.11 Å². The molecule has 1 aromatic carbocycles. The number of rotatable bonds is 6. The van der Waals surface area contributed by atoms with Gasteiger partial charge >= 0.3 is 0 Å². The monoisotopic (exact) mass is 262 g/mol. The maximum Gasteiger partial charge on any atom is 0.0852 e. The first-order valence-corrected chi connectivity index (χ1v) is 10.4. The predicted octanol–water partition coefficient (Wildman–Crippen LogP) is 4.57. The zero-order valence-electron chi connectivity index (χ0n) is 12.1. The lowest BCUT2D eigenvalue weighted by Crippen LogP contribution is -2.18. The Morgan fingerprint density at radius 3 is 2.28 bits per heavy atom. The van der Waals surface area contributed by atoms with Gasteiger partial charge in [-0.3, -0.25) is 0 Å². The molecule has 2 heteroatoms. The van der Waals surface area contributed by atoms with Gasteiger partial charge in [0.2, 0.25) is 0 Å². The third-order valence-electron chi connectivity index (χ3n) is 3.01. The molecule has 1 nitrogen and oxygen atoms in total. The highest BCUT2D eigenvalue weighted by Crippen LogP contribution is 2.27. The van der Waals surface area contributed by atoms with E-state index in [0.29, 0.717) is 0 Å². The van der Waals surface area contributed by atoms with Crippen LogP contribution in [0.4, 0.5) is 0 Å². The molecule has 0 saturated carbocycles. The zero-order chi connectivity index (χ0) is 13.6. The Balaban J connectivity index is 2.82. The van der Waals surface area contributed by atoms with Crippen molar-refractivity contribution < 1.29 is 5.11 Å². The highest BCUT2D eigenvalue weighted by Gasteiger charge is 2.18. The quantitative estimate of drug-likeness (QED) is 0.745. The van der Waals surface area contributed by atoms with Crippen molar-refractivity contribution in [2.75, 3.05) is 0 Å². The molecule has 0 radical (unpaired) electrons. The average molecular weight is 262 g/mol. The van der Waals surface area contributed by atoms with E-state index < -0.39 is 8.07 Å². The summed E-state index contributed by atoms with van der Waals surface area (Å²) in [4.78, 5) is 0. The highest BCUT2D eigenvalue weighted by molar-refractivity contribution is 6.80. The van der Waals surface area contributed by atoms with Gasteiger partial charge in [0.25, 0.3) is 0 Å². The van der Waals surface area contributed by atoms with E-state index in [1.54, 1.807) is 0 Å². The van der Waals surface area contributed by atoms with Crippen LogP contribution in [-0.4, -0.2) is 13.2 Å². The summed E-state index contributed by atoms with van der Waals surface area (Å²) in [5, 5.41) is 10.5. The maximum absolute atomic E-state index is 10.5. The van der Waals surface area contributed by atoms with Crippen LogP contribution in [0, 0.1) is 5.92 Å². The summed E-state index contributed by atoms with van der Waals surface area (Å²) in [6, 6.07) is 9.99. The Kier molecular flexibility index (Phi) is 5.83. The Morgan fingerprint density at radius 1 is 1.17 bits per heavy atom. The van der Waals surface area contributed by atoms with Crippen LogP contribution in [0.25, 0.3) is 0 Å². The van der Waals surface area contributed by atoms with Crippen molar-refractivity contribution in [1.82, 2.24) is 0 Å². The molecular weight excluding hydrogens is 236 g/mol. The molecule has 0 bridgehead atoms. The number of aliphatic hydroxyl groups excluding tert-OH is 1. The molecule has 1 N–H and O–H groups in total. The van der Waals surface area contributed by atoms with Crippen molar-refractivity contribution >= 4 is 8.07 Å². The van der Waals surface area contributed by atoms with Crippen molar-refractivity contribution in [3.05, 3.63) is 47.7 Å². The topological polar surface area (TPSA) is 20.2 Å². The largest absolute Gasteiger partial charge is 0.388 e. The predicted molar refractivity (Wildman–Crippen MR) is 82.3 cm³/mol. The van der Waals surface area contributed by atoms with Gasteiger partial charge in [-0.1, -0.05) is 75.1 Å². The summed E-state index contributed by atoms with van der Waals surface area (Å²) in [5.74, 6) is 0.240. The van der Waals surface area contributed by atoms with E-state index in [0.717, 1.165) is 18.4 Å². The Labute approximate surface area is 113 Å². The van der Waals surface area contributed by atoms with Gasteiger partial charge in [0.05, 0.1) is 14.2 Å². The summed E-state index contributed by atoms with van der Waals surface area (Å²) in [5.41, 5.74) is 3.37. The average Bonchev–Trinajstić information content (AvgIpc) is 2.33. The second-order valence-electron chi connectivity index (χ2n) is 6.03. The molecular formula is C16H26OSi. The number of aliphatic hydroxyl groups is 1. The van der Waals surface area contributed by atoms with Crippen molar-refractivity contribution in [1.29, 1.82) is 0 Å². The molecule has 0 amide bonds. The van der Waals surface area contributed by atoms with Crippen molar-refractivity contribution in [2.45, 2.75) is 45.5 Å². The lowest BCUT2D eigenvalue weighted by Gasteiger charge is -2.21. The molecule has 0 spiro atoms. The number of hydrogen-bond acceptors (Lipinski definition) is 1. The van der Waals surface area contributed by atoms with Crippen molar-refractivity contribution in [3.8, 4) is 0 Å². The Morgan fingerprint density at radius 2 is 1.78 bits per heavy atom. The molecule has 1 rings (SSSR count).